The fraction of sp³-hybridized carbons (Fsp3) is 0.833. The first-order valence-corrected chi connectivity index (χ1v) is 8.39. The molecule has 0 fully saturated rings. The van der Waals surface area contributed by atoms with Gasteiger partial charge in [-0.3, -0.25) is 0 Å². The number of hydrogen-bond donors (Lipinski definition) is 0. The van der Waals surface area contributed by atoms with E-state index >= 15 is 0 Å². The zero-order chi connectivity index (χ0) is 7.98. The van der Waals surface area contributed by atoms with E-state index in [1.165, 1.54) is 12.5 Å². The Bertz CT molecular complexity index is 103. The molecule has 0 nitrogen and oxygen atoms in total. The van der Waals surface area contributed by atoms with Crippen molar-refractivity contribution in [2.75, 3.05) is 5.75 Å². The highest BCUT2D eigenvalue weighted by Gasteiger charge is 1.93. The summed E-state index contributed by atoms with van der Waals surface area (Å²) in [5.74, 6) is 1.13. The minimum absolute atomic E-state index is 0.324. The maximum Gasteiger partial charge on any atom is 0.0305 e. The number of thioether (sulfide) groups is 1. The molecular weight excluding hydrogens is 196 g/mol. The first kappa shape index (κ1) is 10.9. The van der Waals surface area contributed by atoms with Crippen molar-refractivity contribution in [2.24, 2.45) is 0 Å². The lowest BCUT2D eigenvalue weighted by Gasteiger charge is -2.04. The van der Waals surface area contributed by atoms with Crippen LogP contribution in [-0.2, 0) is 12.6 Å². The van der Waals surface area contributed by atoms with Crippen molar-refractivity contribution < 1.29 is 0 Å². The SMILES string of the molecule is C[SiH](C)CCCSC(=S)[S-]. The molecule has 60 valence electrons. The summed E-state index contributed by atoms with van der Waals surface area (Å²) in [7, 11) is -0.324. The smallest absolute Gasteiger partial charge is 0.0305 e. The number of hydrogen-bond acceptors (Lipinski definition) is 3. The van der Waals surface area contributed by atoms with Crippen molar-refractivity contribution in [1.29, 1.82) is 0 Å². The molecule has 0 N–H and O–H groups in total. The van der Waals surface area contributed by atoms with Crippen LogP contribution in [0, 0.1) is 0 Å². The highest BCUT2D eigenvalue weighted by Crippen LogP contribution is 2.08. The van der Waals surface area contributed by atoms with Crippen molar-refractivity contribution in [3.8, 4) is 0 Å². The molecule has 0 aliphatic heterocycles. The van der Waals surface area contributed by atoms with Gasteiger partial charge in [0.05, 0.1) is 0 Å². The van der Waals surface area contributed by atoms with Gasteiger partial charge in [-0.25, -0.2) is 0 Å². The Kier molecular flexibility index (Phi) is 7.16. The van der Waals surface area contributed by atoms with Crippen LogP contribution in [0.15, 0.2) is 0 Å². The molecule has 0 radical (unpaired) electrons. The van der Waals surface area contributed by atoms with Crippen LogP contribution in [0.1, 0.15) is 6.42 Å². The standard InChI is InChI=1S/C6H14S3Si/c1-10(2)5-3-4-9-6(7)8/h10H,3-5H2,1-2H3,(H,7,8)/p-1. The van der Waals surface area contributed by atoms with Gasteiger partial charge in [-0.05, 0) is 12.2 Å². The topological polar surface area (TPSA) is 0 Å². The summed E-state index contributed by atoms with van der Waals surface area (Å²) in [6.45, 7) is 4.74. The van der Waals surface area contributed by atoms with Crippen LogP contribution in [0.4, 0.5) is 0 Å². The lowest BCUT2D eigenvalue weighted by Crippen LogP contribution is -1.99. The average Bonchev–Trinajstić information content (AvgIpc) is 1.79. The summed E-state index contributed by atoms with van der Waals surface area (Å²) in [5.41, 5.74) is 0. The summed E-state index contributed by atoms with van der Waals surface area (Å²) in [5, 5.41) is 0. The Hall–Kier alpha value is 0.877. The lowest BCUT2D eigenvalue weighted by molar-refractivity contribution is 1.08. The maximum absolute atomic E-state index is 4.76. The molecule has 0 amide bonds. The first-order chi connectivity index (χ1) is 4.63. The van der Waals surface area contributed by atoms with Crippen molar-refractivity contribution in [1.82, 2.24) is 0 Å². The first-order valence-electron chi connectivity index (χ1n) is 3.46. The normalized spacial score (nSPS) is 10.3. The van der Waals surface area contributed by atoms with Crippen LogP contribution in [0.25, 0.3) is 0 Å². The van der Waals surface area contributed by atoms with Gasteiger partial charge in [-0.1, -0.05) is 22.7 Å². The summed E-state index contributed by atoms with van der Waals surface area (Å²) in [6, 6.07) is 1.42. The molecule has 0 saturated carbocycles. The second-order valence-electron chi connectivity index (χ2n) is 2.63. The van der Waals surface area contributed by atoms with Gasteiger partial charge >= 0.3 is 0 Å². The van der Waals surface area contributed by atoms with Crippen LogP contribution in [-0.4, -0.2) is 18.1 Å². The Labute approximate surface area is 80.2 Å². The monoisotopic (exact) mass is 209 g/mol. The zero-order valence-electron chi connectivity index (χ0n) is 6.42. The molecule has 0 rings (SSSR count). The fourth-order valence-electron chi connectivity index (χ4n) is 0.647. The van der Waals surface area contributed by atoms with Crippen LogP contribution in [0.2, 0.25) is 19.1 Å². The molecule has 0 spiro atoms. The Morgan fingerprint density at radius 3 is 2.60 bits per heavy atom. The van der Waals surface area contributed by atoms with Crippen molar-refractivity contribution in [3.05, 3.63) is 0 Å². The third kappa shape index (κ3) is 8.88. The average molecular weight is 209 g/mol. The molecule has 0 unspecified atom stereocenters. The molecule has 0 aliphatic carbocycles. The molecule has 0 bridgehead atoms. The van der Waals surface area contributed by atoms with E-state index in [0.717, 1.165) is 5.75 Å². The van der Waals surface area contributed by atoms with E-state index in [2.05, 4.69) is 13.1 Å². The van der Waals surface area contributed by atoms with Crippen molar-refractivity contribution in [3.63, 3.8) is 0 Å². The summed E-state index contributed by atoms with van der Waals surface area (Å²) in [6.07, 6.45) is 1.30. The molecule has 0 aromatic rings. The van der Waals surface area contributed by atoms with Crippen LogP contribution < -0.4 is 0 Å². The minimum atomic E-state index is -0.324. The van der Waals surface area contributed by atoms with Gasteiger partial charge in [0.2, 0.25) is 0 Å². The van der Waals surface area contributed by atoms with E-state index < -0.39 is 0 Å². The molecule has 0 aromatic carbocycles. The van der Waals surface area contributed by atoms with E-state index in [4.69, 9.17) is 24.8 Å². The van der Waals surface area contributed by atoms with Gasteiger partial charge < -0.3 is 24.8 Å². The third-order valence-corrected chi connectivity index (χ3v) is 4.14. The largest absolute Gasteiger partial charge is 0.422 e. The predicted molar refractivity (Wildman–Crippen MR) is 60.7 cm³/mol. The highest BCUT2D eigenvalue weighted by molar-refractivity contribution is 8.36. The molecule has 0 aromatic heterocycles. The van der Waals surface area contributed by atoms with Gasteiger partial charge in [0.15, 0.2) is 0 Å². The maximum atomic E-state index is 4.76. The molecular formula is C6H13S3Si-. The van der Waals surface area contributed by atoms with E-state index in [1.807, 2.05) is 0 Å². The Morgan fingerprint density at radius 2 is 2.20 bits per heavy atom. The fourth-order valence-corrected chi connectivity index (χ4v) is 2.94. The molecule has 4 heteroatoms. The number of rotatable bonds is 4. The molecule has 0 saturated heterocycles. The quantitative estimate of drug-likeness (QED) is 0.302. The van der Waals surface area contributed by atoms with Gasteiger partial charge in [0.25, 0.3) is 0 Å². The summed E-state index contributed by atoms with van der Waals surface area (Å²) in [4.78, 5) is 0. The van der Waals surface area contributed by atoms with E-state index in [1.54, 1.807) is 11.8 Å². The second-order valence-corrected chi connectivity index (χ2v) is 8.70. The van der Waals surface area contributed by atoms with Crippen LogP contribution in [0.5, 0.6) is 0 Å². The summed E-state index contributed by atoms with van der Waals surface area (Å²) < 4.78 is 0.672. The number of thiocarbonyl (C=S) groups is 1. The van der Waals surface area contributed by atoms with Crippen LogP contribution in [0.3, 0.4) is 0 Å². The van der Waals surface area contributed by atoms with Crippen molar-refractivity contribution >= 4 is 48.9 Å². The van der Waals surface area contributed by atoms with Gasteiger partial charge in [-0.2, -0.15) is 0 Å². The van der Waals surface area contributed by atoms with Gasteiger partial charge in [0, 0.05) is 8.80 Å². The van der Waals surface area contributed by atoms with Gasteiger partial charge in [-0.15, -0.1) is 11.8 Å². The van der Waals surface area contributed by atoms with Crippen molar-refractivity contribution in [2.45, 2.75) is 25.6 Å². The third-order valence-electron chi connectivity index (χ3n) is 1.15. The Balaban J connectivity index is 2.98. The highest BCUT2D eigenvalue weighted by atomic mass is 32.2. The molecule has 0 heterocycles. The predicted octanol–water partition coefficient (Wildman–Crippen LogP) is 2.43. The Morgan fingerprint density at radius 1 is 1.60 bits per heavy atom. The lowest BCUT2D eigenvalue weighted by atomic mass is 10.6. The van der Waals surface area contributed by atoms with E-state index in [9.17, 15) is 0 Å². The summed E-state index contributed by atoms with van der Waals surface area (Å²) >= 11 is 11.2. The molecule has 10 heavy (non-hydrogen) atoms. The van der Waals surface area contributed by atoms with E-state index in [0.29, 0.717) is 3.53 Å². The molecule has 0 aliphatic rings. The second kappa shape index (κ2) is 6.58. The molecule has 0 atom stereocenters. The van der Waals surface area contributed by atoms with Crippen LogP contribution >= 0.6 is 24.0 Å². The van der Waals surface area contributed by atoms with Gasteiger partial charge in [0.1, 0.15) is 0 Å². The van der Waals surface area contributed by atoms with E-state index in [-0.39, 0.29) is 8.80 Å². The minimum Gasteiger partial charge on any atom is -0.422 e. The zero-order valence-corrected chi connectivity index (χ0v) is 10.0.